The molecule has 0 aliphatic carbocycles. The molecule has 1 amide bonds. The van der Waals surface area contributed by atoms with Gasteiger partial charge in [-0.05, 0) is 50.1 Å². The largest absolute Gasteiger partial charge is 0.496 e. The van der Waals surface area contributed by atoms with Gasteiger partial charge in [-0.2, -0.15) is 0 Å². The SMILES string of the molecule is COc1ccccc1C(C)N(C)C(=O)c1cc(C)c(C)c(S(N)(=O)=O)c1. The maximum Gasteiger partial charge on any atom is 0.254 e. The third kappa shape index (κ3) is 3.89. The van der Waals surface area contributed by atoms with E-state index in [1.807, 2.05) is 31.2 Å². The van der Waals surface area contributed by atoms with Crippen molar-refractivity contribution in [3.63, 3.8) is 0 Å². The van der Waals surface area contributed by atoms with Crippen molar-refractivity contribution >= 4 is 15.9 Å². The average molecular weight is 376 g/mol. The number of hydrogen-bond donors (Lipinski definition) is 1. The average Bonchev–Trinajstić information content (AvgIpc) is 2.60. The smallest absolute Gasteiger partial charge is 0.254 e. The zero-order chi connectivity index (χ0) is 19.6. The van der Waals surface area contributed by atoms with Crippen LogP contribution in [0.15, 0.2) is 41.3 Å². The van der Waals surface area contributed by atoms with Crippen LogP contribution >= 0.6 is 0 Å². The van der Waals surface area contributed by atoms with Crippen molar-refractivity contribution in [1.82, 2.24) is 4.90 Å². The number of primary sulfonamides is 1. The number of sulfonamides is 1. The molecule has 0 aromatic heterocycles. The third-order valence-corrected chi connectivity index (χ3v) is 5.70. The molecule has 1 unspecified atom stereocenters. The maximum absolute atomic E-state index is 13.0. The lowest BCUT2D eigenvalue weighted by atomic mass is 10.0. The fraction of sp³-hybridized carbons (Fsp3) is 0.316. The second-order valence-corrected chi connectivity index (χ2v) is 7.83. The van der Waals surface area contributed by atoms with E-state index >= 15 is 0 Å². The Balaban J connectivity index is 2.44. The van der Waals surface area contributed by atoms with Crippen molar-refractivity contribution in [2.45, 2.75) is 31.7 Å². The summed E-state index contributed by atoms with van der Waals surface area (Å²) in [6.07, 6.45) is 0. The van der Waals surface area contributed by atoms with Crippen LogP contribution in [0, 0.1) is 13.8 Å². The quantitative estimate of drug-likeness (QED) is 0.869. The molecule has 1 atom stereocenters. The molecule has 0 bridgehead atoms. The number of nitrogens with zero attached hydrogens (tertiary/aromatic N) is 1. The number of amides is 1. The Kier molecular flexibility index (Phi) is 5.73. The minimum Gasteiger partial charge on any atom is -0.496 e. The van der Waals surface area contributed by atoms with Gasteiger partial charge >= 0.3 is 0 Å². The van der Waals surface area contributed by atoms with Gasteiger partial charge in [-0.3, -0.25) is 4.79 Å². The normalized spacial score (nSPS) is 12.5. The monoisotopic (exact) mass is 376 g/mol. The van der Waals surface area contributed by atoms with Crippen LogP contribution in [-0.2, 0) is 10.0 Å². The Morgan fingerprint density at radius 2 is 1.81 bits per heavy atom. The molecule has 0 fully saturated rings. The van der Waals surface area contributed by atoms with Crippen molar-refractivity contribution in [2.24, 2.45) is 5.14 Å². The Bertz CT molecular complexity index is 939. The standard InChI is InChI=1S/C19H24N2O4S/c1-12-10-15(11-18(13(12)2)26(20,23)24)19(22)21(4)14(3)16-8-6-7-9-17(16)25-5/h6-11,14H,1-5H3,(H2,20,23,24). The number of benzene rings is 2. The summed E-state index contributed by atoms with van der Waals surface area (Å²) in [5.41, 5.74) is 2.38. The number of methoxy groups -OCH3 is 1. The van der Waals surface area contributed by atoms with E-state index in [4.69, 9.17) is 9.88 Å². The number of aryl methyl sites for hydroxylation is 1. The lowest BCUT2D eigenvalue weighted by Crippen LogP contribution is -2.30. The van der Waals surface area contributed by atoms with Crippen LogP contribution in [0.25, 0.3) is 0 Å². The lowest BCUT2D eigenvalue weighted by molar-refractivity contribution is 0.0740. The zero-order valence-corrected chi connectivity index (χ0v) is 16.4. The van der Waals surface area contributed by atoms with Crippen LogP contribution in [0.3, 0.4) is 0 Å². The third-order valence-electron chi connectivity index (χ3n) is 4.66. The molecule has 140 valence electrons. The molecule has 26 heavy (non-hydrogen) atoms. The number of carbonyl (C=O) groups excluding carboxylic acids is 1. The van der Waals surface area contributed by atoms with Gasteiger partial charge in [-0.1, -0.05) is 18.2 Å². The number of carbonyl (C=O) groups is 1. The summed E-state index contributed by atoms with van der Waals surface area (Å²) >= 11 is 0. The molecule has 2 N–H and O–H groups in total. The summed E-state index contributed by atoms with van der Waals surface area (Å²) in [5.74, 6) is 0.390. The Hall–Kier alpha value is -2.38. The van der Waals surface area contributed by atoms with Gasteiger partial charge in [0.25, 0.3) is 5.91 Å². The lowest BCUT2D eigenvalue weighted by Gasteiger charge is -2.27. The highest BCUT2D eigenvalue weighted by atomic mass is 32.2. The highest BCUT2D eigenvalue weighted by Gasteiger charge is 2.24. The van der Waals surface area contributed by atoms with Crippen LogP contribution < -0.4 is 9.88 Å². The van der Waals surface area contributed by atoms with Crippen LogP contribution in [0.1, 0.15) is 40.0 Å². The van der Waals surface area contributed by atoms with Crippen molar-refractivity contribution in [3.8, 4) is 5.75 Å². The molecule has 6 nitrogen and oxygen atoms in total. The summed E-state index contributed by atoms with van der Waals surface area (Å²) in [7, 11) is -0.661. The first-order valence-corrected chi connectivity index (χ1v) is 9.66. The first kappa shape index (κ1) is 19.9. The summed E-state index contributed by atoms with van der Waals surface area (Å²) in [6.45, 7) is 5.31. The van der Waals surface area contributed by atoms with E-state index in [0.717, 1.165) is 5.56 Å². The molecule has 0 spiro atoms. The predicted octanol–water partition coefficient (Wildman–Crippen LogP) is 2.79. The number of ether oxygens (including phenoxy) is 1. The molecule has 2 aromatic carbocycles. The fourth-order valence-corrected chi connectivity index (χ4v) is 3.72. The Labute approximate surface area is 154 Å². The molecule has 0 heterocycles. The Morgan fingerprint density at radius 3 is 2.38 bits per heavy atom. The van der Waals surface area contributed by atoms with Crippen molar-refractivity contribution in [3.05, 3.63) is 58.7 Å². The summed E-state index contributed by atoms with van der Waals surface area (Å²) in [6, 6.07) is 10.2. The van der Waals surface area contributed by atoms with E-state index in [2.05, 4.69) is 0 Å². The zero-order valence-electron chi connectivity index (χ0n) is 15.6. The highest BCUT2D eigenvalue weighted by molar-refractivity contribution is 7.89. The topological polar surface area (TPSA) is 89.7 Å². The van der Waals surface area contributed by atoms with Crippen molar-refractivity contribution in [1.29, 1.82) is 0 Å². The van der Waals surface area contributed by atoms with E-state index < -0.39 is 10.0 Å². The second-order valence-electron chi connectivity index (χ2n) is 6.30. The molecular weight excluding hydrogens is 352 g/mol. The van der Waals surface area contributed by atoms with Gasteiger partial charge in [0.15, 0.2) is 0 Å². The molecule has 0 radical (unpaired) electrons. The van der Waals surface area contributed by atoms with Crippen LogP contribution in [0.2, 0.25) is 0 Å². The van der Waals surface area contributed by atoms with Gasteiger partial charge in [0.2, 0.25) is 10.0 Å². The van der Waals surface area contributed by atoms with Gasteiger partial charge < -0.3 is 9.64 Å². The van der Waals surface area contributed by atoms with Gasteiger partial charge in [-0.25, -0.2) is 13.6 Å². The van der Waals surface area contributed by atoms with E-state index in [-0.39, 0.29) is 22.4 Å². The molecule has 2 rings (SSSR count). The van der Waals surface area contributed by atoms with Gasteiger partial charge in [0.05, 0.1) is 18.0 Å². The predicted molar refractivity (Wildman–Crippen MR) is 101 cm³/mol. The molecule has 2 aromatic rings. The van der Waals surface area contributed by atoms with Crippen LogP contribution in [-0.4, -0.2) is 33.4 Å². The summed E-state index contributed by atoms with van der Waals surface area (Å²) in [4.78, 5) is 14.5. The molecule has 7 heteroatoms. The maximum atomic E-state index is 13.0. The first-order chi connectivity index (χ1) is 12.1. The number of nitrogens with two attached hydrogens (primary N) is 1. The molecule has 0 aliphatic heterocycles. The van der Waals surface area contributed by atoms with Gasteiger partial charge in [0, 0.05) is 18.2 Å². The minimum atomic E-state index is -3.91. The van der Waals surface area contributed by atoms with Crippen LogP contribution in [0.4, 0.5) is 0 Å². The molecule has 0 aliphatic rings. The summed E-state index contributed by atoms with van der Waals surface area (Å²) < 4.78 is 29.0. The van der Waals surface area contributed by atoms with Crippen molar-refractivity contribution < 1.29 is 17.9 Å². The second kappa shape index (κ2) is 7.47. The minimum absolute atomic E-state index is 0.0285. The molecule has 0 saturated heterocycles. The van der Waals surface area contributed by atoms with Gasteiger partial charge in [-0.15, -0.1) is 0 Å². The van der Waals surface area contributed by atoms with E-state index in [1.165, 1.54) is 6.07 Å². The molecular formula is C19H24N2O4S. The fourth-order valence-electron chi connectivity index (χ4n) is 2.85. The van der Waals surface area contributed by atoms with E-state index in [1.54, 1.807) is 39.0 Å². The number of para-hydroxylation sites is 1. The summed E-state index contributed by atoms with van der Waals surface area (Å²) in [5, 5.41) is 5.29. The number of hydrogen-bond acceptors (Lipinski definition) is 4. The highest BCUT2D eigenvalue weighted by Crippen LogP contribution is 2.29. The van der Waals surface area contributed by atoms with Crippen molar-refractivity contribution in [2.75, 3.05) is 14.2 Å². The van der Waals surface area contributed by atoms with Gasteiger partial charge in [0.1, 0.15) is 5.75 Å². The molecule has 0 saturated carbocycles. The number of rotatable bonds is 5. The van der Waals surface area contributed by atoms with Crippen LogP contribution in [0.5, 0.6) is 5.75 Å². The van der Waals surface area contributed by atoms with E-state index in [9.17, 15) is 13.2 Å². The first-order valence-electron chi connectivity index (χ1n) is 8.12. The Morgan fingerprint density at radius 1 is 1.19 bits per heavy atom. The van der Waals surface area contributed by atoms with E-state index in [0.29, 0.717) is 16.9 Å².